The number of nitrogens with one attached hydrogen (secondary N) is 1. The highest BCUT2D eigenvalue weighted by atomic mass is 79.9. The lowest BCUT2D eigenvalue weighted by Crippen LogP contribution is -2.31. The van der Waals surface area contributed by atoms with E-state index in [0.717, 1.165) is 25.0 Å². The van der Waals surface area contributed by atoms with Crippen LogP contribution in [0, 0.1) is 0 Å². The molecule has 0 aliphatic carbocycles. The maximum atomic E-state index is 12.2. The van der Waals surface area contributed by atoms with Gasteiger partial charge in [0.05, 0.1) is 24.4 Å². The monoisotopic (exact) mass is 363 g/mol. The SMILES string of the molecule is O=C(NCC1CCCO1)c1cnn(Cc2ccccc2)c1Br. The number of nitrogens with zero attached hydrogens (tertiary/aromatic N) is 2. The van der Waals surface area contributed by atoms with Gasteiger partial charge in [0, 0.05) is 13.2 Å². The van der Waals surface area contributed by atoms with Crippen LogP contribution in [0.3, 0.4) is 0 Å². The van der Waals surface area contributed by atoms with E-state index < -0.39 is 0 Å². The first-order valence-corrected chi connectivity index (χ1v) is 8.18. The van der Waals surface area contributed by atoms with Gasteiger partial charge in [-0.05, 0) is 34.3 Å². The van der Waals surface area contributed by atoms with Crippen LogP contribution in [0.1, 0.15) is 28.8 Å². The Bertz CT molecular complexity index is 636. The van der Waals surface area contributed by atoms with E-state index in [1.165, 1.54) is 0 Å². The molecule has 3 rings (SSSR count). The van der Waals surface area contributed by atoms with Crippen molar-refractivity contribution in [2.45, 2.75) is 25.5 Å². The second-order valence-electron chi connectivity index (χ2n) is 5.34. The molecule has 0 spiro atoms. The summed E-state index contributed by atoms with van der Waals surface area (Å²) in [5.41, 5.74) is 1.69. The van der Waals surface area contributed by atoms with E-state index in [9.17, 15) is 4.79 Å². The van der Waals surface area contributed by atoms with E-state index in [1.807, 2.05) is 30.3 Å². The lowest BCUT2D eigenvalue weighted by Gasteiger charge is -2.10. The van der Waals surface area contributed by atoms with Crippen molar-refractivity contribution >= 4 is 21.8 Å². The molecule has 1 aliphatic rings. The Kier molecular flexibility index (Phi) is 4.90. The van der Waals surface area contributed by atoms with Crippen molar-refractivity contribution in [1.29, 1.82) is 0 Å². The van der Waals surface area contributed by atoms with E-state index in [4.69, 9.17) is 4.74 Å². The molecule has 0 bridgehead atoms. The molecule has 1 atom stereocenters. The van der Waals surface area contributed by atoms with Crippen LogP contribution in [0.25, 0.3) is 0 Å². The minimum Gasteiger partial charge on any atom is -0.376 e. The fourth-order valence-electron chi connectivity index (χ4n) is 2.50. The number of hydrogen-bond donors (Lipinski definition) is 1. The third kappa shape index (κ3) is 3.56. The summed E-state index contributed by atoms with van der Waals surface area (Å²) in [5.74, 6) is -0.123. The molecule has 2 aromatic rings. The summed E-state index contributed by atoms with van der Waals surface area (Å²) in [6, 6.07) is 10.0. The van der Waals surface area contributed by atoms with E-state index >= 15 is 0 Å². The number of aromatic nitrogens is 2. The van der Waals surface area contributed by atoms with Crippen molar-refractivity contribution in [3.63, 3.8) is 0 Å². The predicted octanol–water partition coefficient (Wildman–Crippen LogP) is 2.60. The Balaban J connectivity index is 1.63. The molecule has 1 N–H and O–H groups in total. The summed E-state index contributed by atoms with van der Waals surface area (Å²) in [4.78, 5) is 12.2. The number of carbonyl (C=O) groups is 1. The summed E-state index contributed by atoms with van der Waals surface area (Å²) in [6.07, 6.45) is 3.81. The number of carbonyl (C=O) groups excluding carboxylic acids is 1. The van der Waals surface area contributed by atoms with Crippen molar-refractivity contribution in [2.24, 2.45) is 0 Å². The minimum atomic E-state index is -0.123. The van der Waals surface area contributed by atoms with Crippen LogP contribution in [-0.4, -0.2) is 34.9 Å². The molecule has 6 heteroatoms. The number of ether oxygens (including phenoxy) is 1. The molecule has 116 valence electrons. The Morgan fingerprint density at radius 3 is 2.95 bits per heavy atom. The van der Waals surface area contributed by atoms with Gasteiger partial charge in [-0.1, -0.05) is 30.3 Å². The summed E-state index contributed by atoms with van der Waals surface area (Å²) in [7, 11) is 0. The molecule has 1 aromatic heterocycles. The molecule has 1 unspecified atom stereocenters. The zero-order chi connectivity index (χ0) is 15.4. The van der Waals surface area contributed by atoms with Crippen molar-refractivity contribution in [3.8, 4) is 0 Å². The summed E-state index contributed by atoms with van der Waals surface area (Å²) >= 11 is 3.47. The molecular formula is C16H18BrN3O2. The number of amides is 1. The molecule has 0 saturated carbocycles. The first-order valence-electron chi connectivity index (χ1n) is 7.39. The van der Waals surface area contributed by atoms with Gasteiger partial charge >= 0.3 is 0 Å². The van der Waals surface area contributed by atoms with E-state index in [1.54, 1.807) is 10.9 Å². The van der Waals surface area contributed by atoms with Crippen LogP contribution in [0.4, 0.5) is 0 Å². The maximum Gasteiger partial charge on any atom is 0.255 e. The fraction of sp³-hybridized carbons (Fsp3) is 0.375. The Hall–Kier alpha value is -1.66. The summed E-state index contributed by atoms with van der Waals surface area (Å²) in [6.45, 7) is 1.97. The topological polar surface area (TPSA) is 56.1 Å². The zero-order valence-electron chi connectivity index (χ0n) is 12.2. The second kappa shape index (κ2) is 7.07. The smallest absolute Gasteiger partial charge is 0.255 e. The van der Waals surface area contributed by atoms with Gasteiger partial charge in [-0.2, -0.15) is 5.10 Å². The third-order valence-corrected chi connectivity index (χ3v) is 4.55. The number of hydrogen-bond acceptors (Lipinski definition) is 3. The Morgan fingerprint density at radius 2 is 2.23 bits per heavy atom. The molecule has 1 amide bonds. The number of rotatable bonds is 5. The van der Waals surface area contributed by atoms with Gasteiger partial charge in [0.25, 0.3) is 5.91 Å². The molecule has 2 heterocycles. The average Bonchev–Trinajstić information content (AvgIpc) is 3.17. The average molecular weight is 364 g/mol. The second-order valence-corrected chi connectivity index (χ2v) is 6.09. The largest absolute Gasteiger partial charge is 0.376 e. The Morgan fingerprint density at radius 1 is 1.41 bits per heavy atom. The maximum absolute atomic E-state index is 12.2. The summed E-state index contributed by atoms with van der Waals surface area (Å²) < 4.78 is 7.98. The van der Waals surface area contributed by atoms with Crippen LogP contribution >= 0.6 is 15.9 Å². The highest BCUT2D eigenvalue weighted by molar-refractivity contribution is 9.10. The zero-order valence-corrected chi connectivity index (χ0v) is 13.8. The van der Waals surface area contributed by atoms with E-state index in [2.05, 4.69) is 26.3 Å². The normalized spacial score (nSPS) is 17.6. The van der Waals surface area contributed by atoms with Crippen LogP contribution < -0.4 is 5.32 Å². The number of benzene rings is 1. The Labute approximate surface area is 137 Å². The molecule has 5 nitrogen and oxygen atoms in total. The van der Waals surface area contributed by atoms with Crippen molar-refractivity contribution in [1.82, 2.24) is 15.1 Å². The molecule has 1 fully saturated rings. The predicted molar refractivity (Wildman–Crippen MR) is 86.8 cm³/mol. The van der Waals surface area contributed by atoms with Crippen molar-refractivity contribution in [3.05, 3.63) is 52.3 Å². The number of halogens is 1. The van der Waals surface area contributed by atoms with Crippen molar-refractivity contribution < 1.29 is 9.53 Å². The first kappa shape index (κ1) is 15.2. The fourth-order valence-corrected chi connectivity index (χ4v) is 3.00. The first-order chi connectivity index (χ1) is 10.7. The van der Waals surface area contributed by atoms with Crippen LogP contribution in [-0.2, 0) is 11.3 Å². The lowest BCUT2D eigenvalue weighted by atomic mass is 10.2. The highest BCUT2D eigenvalue weighted by Gasteiger charge is 2.19. The van der Waals surface area contributed by atoms with Gasteiger partial charge in [-0.15, -0.1) is 0 Å². The van der Waals surface area contributed by atoms with Crippen LogP contribution in [0.5, 0.6) is 0 Å². The van der Waals surface area contributed by atoms with Crippen LogP contribution in [0.15, 0.2) is 41.1 Å². The van der Waals surface area contributed by atoms with Gasteiger partial charge in [-0.3, -0.25) is 9.48 Å². The molecule has 1 aromatic carbocycles. The van der Waals surface area contributed by atoms with Gasteiger partial charge in [0.2, 0.25) is 0 Å². The van der Waals surface area contributed by atoms with Gasteiger partial charge < -0.3 is 10.1 Å². The van der Waals surface area contributed by atoms with E-state index in [0.29, 0.717) is 23.3 Å². The molecule has 0 radical (unpaired) electrons. The minimum absolute atomic E-state index is 0.123. The van der Waals surface area contributed by atoms with Gasteiger partial charge in [0.15, 0.2) is 0 Å². The molecule has 22 heavy (non-hydrogen) atoms. The van der Waals surface area contributed by atoms with Crippen LogP contribution in [0.2, 0.25) is 0 Å². The molecule has 1 saturated heterocycles. The molecule has 1 aliphatic heterocycles. The standard InChI is InChI=1S/C16H18BrN3O2/c17-15-14(16(21)18-9-13-7-4-8-22-13)10-19-20(15)11-12-5-2-1-3-6-12/h1-3,5-6,10,13H,4,7-9,11H2,(H,18,21). The summed E-state index contributed by atoms with van der Waals surface area (Å²) in [5, 5.41) is 7.20. The third-order valence-electron chi connectivity index (χ3n) is 3.71. The lowest BCUT2D eigenvalue weighted by molar-refractivity contribution is 0.0857. The van der Waals surface area contributed by atoms with E-state index in [-0.39, 0.29) is 12.0 Å². The van der Waals surface area contributed by atoms with Crippen molar-refractivity contribution in [2.75, 3.05) is 13.2 Å². The highest BCUT2D eigenvalue weighted by Crippen LogP contribution is 2.18. The van der Waals surface area contributed by atoms with Gasteiger partial charge in [0.1, 0.15) is 4.60 Å². The molecular weight excluding hydrogens is 346 g/mol. The quantitative estimate of drug-likeness (QED) is 0.888. The van der Waals surface area contributed by atoms with Gasteiger partial charge in [-0.25, -0.2) is 0 Å².